The van der Waals surface area contributed by atoms with Crippen LogP contribution in [0.15, 0.2) is 69.6 Å². The summed E-state index contributed by atoms with van der Waals surface area (Å²) in [4.78, 5) is 16.5. The molecule has 0 radical (unpaired) electrons. The van der Waals surface area contributed by atoms with Crippen LogP contribution in [0.25, 0.3) is 22.7 Å². The van der Waals surface area contributed by atoms with E-state index in [1.54, 1.807) is 29.6 Å². The van der Waals surface area contributed by atoms with Crippen molar-refractivity contribution in [3.05, 3.63) is 65.0 Å². The first-order valence-electron chi connectivity index (χ1n) is 8.54. The van der Waals surface area contributed by atoms with Crippen molar-refractivity contribution in [2.45, 2.75) is 5.22 Å². The Kier molecular flexibility index (Phi) is 5.62. The molecule has 0 fully saturated rings. The fourth-order valence-electron chi connectivity index (χ4n) is 2.51. The number of benzene rings is 2. The van der Waals surface area contributed by atoms with Crippen molar-refractivity contribution < 1.29 is 17.6 Å². The molecule has 0 aliphatic heterocycles. The quantitative estimate of drug-likeness (QED) is 0.463. The molecule has 8 nitrogen and oxygen atoms in total. The third kappa shape index (κ3) is 4.56. The molecule has 0 aliphatic rings. The molecule has 30 heavy (non-hydrogen) atoms. The van der Waals surface area contributed by atoms with Crippen molar-refractivity contribution in [2.24, 2.45) is 0 Å². The van der Waals surface area contributed by atoms with Gasteiger partial charge in [0, 0.05) is 21.5 Å². The number of carbonyl (C=O) groups is 1. The second-order valence-corrected chi connectivity index (χ2v) is 9.25. The van der Waals surface area contributed by atoms with Gasteiger partial charge in [0.15, 0.2) is 5.13 Å². The molecule has 2 heterocycles. The van der Waals surface area contributed by atoms with E-state index in [-0.39, 0.29) is 5.89 Å². The SMILES string of the molecule is O=C(CS(=O)(=O)c1nnc(-c2ccc(Cl)cc2)o1)Nc1nc(-c2ccccc2)cs1. The van der Waals surface area contributed by atoms with Gasteiger partial charge in [-0.15, -0.1) is 16.4 Å². The number of nitrogens with zero attached hydrogens (tertiary/aromatic N) is 3. The lowest BCUT2D eigenvalue weighted by Gasteiger charge is -2.01. The van der Waals surface area contributed by atoms with Gasteiger partial charge in [-0.3, -0.25) is 4.79 Å². The van der Waals surface area contributed by atoms with E-state index in [1.807, 2.05) is 30.3 Å². The van der Waals surface area contributed by atoms with Crippen LogP contribution in [-0.4, -0.2) is 35.3 Å². The molecule has 0 aliphatic carbocycles. The number of hydrogen-bond donors (Lipinski definition) is 1. The highest BCUT2D eigenvalue weighted by Gasteiger charge is 2.27. The number of anilines is 1. The van der Waals surface area contributed by atoms with Gasteiger partial charge < -0.3 is 9.73 Å². The van der Waals surface area contributed by atoms with E-state index in [9.17, 15) is 13.2 Å². The largest absolute Gasteiger partial charge is 0.408 e. The van der Waals surface area contributed by atoms with Crippen LogP contribution >= 0.6 is 22.9 Å². The molecule has 2 aromatic heterocycles. The molecular formula is C19H13ClN4O4S2. The van der Waals surface area contributed by atoms with E-state index >= 15 is 0 Å². The van der Waals surface area contributed by atoms with Gasteiger partial charge >= 0.3 is 5.22 Å². The van der Waals surface area contributed by atoms with E-state index < -0.39 is 26.7 Å². The Morgan fingerprint density at radius 3 is 2.50 bits per heavy atom. The fraction of sp³-hybridized carbons (Fsp3) is 0.0526. The summed E-state index contributed by atoms with van der Waals surface area (Å²) in [5.41, 5.74) is 2.08. The average molecular weight is 461 g/mol. The Bertz CT molecular complexity index is 1290. The molecule has 0 unspecified atom stereocenters. The summed E-state index contributed by atoms with van der Waals surface area (Å²) in [6.45, 7) is 0. The van der Waals surface area contributed by atoms with Crippen LogP contribution in [0.4, 0.5) is 5.13 Å². The lowest BCUT2D eigenvalue weighted by atomic mass is 10.2. The van der Waals surface area contributed by atoms with Crippen LogP contribution in [0.2, 0.25) is 5.02 Å². The third-order valence-corrected chi connectivity index (χ3v) is 6.25. The standard InChI is InChI=1S/C19H13ClN4O4S2/c20-14-8-6-13(7-9-14)17-23-24-19(28-17)30(26,27)11-16(25)22-18-21-15(10-29-18)12-4-2-1-3-5-12/h1-10H,11H2,(H,21,22,25). The molecular weight excluding hydrogens is 448 g/mol. The van der Waals surface area contributed by atoms with E-state index in [2.05, 4.69) is 20.5 Å². The van der Waals surface area contributed by atoms with Gasteiger partial charge in [0.2, 0.25) is 21.6 Å². The highest BCUT2D eigenvalue weighted by Crippen LogP contribution is 2.25. The summed E-state index contributed by atoms with van der Waals surface area (Å²) in [6, 6.07) is 15.9. The van der Waals surface area contributed by atoms with E-state index in [4.69, 9.17) is 16.0 Å². The average Bonchev–Trinajstić information content (AvgIpc) is 3.39. The first-order chi connectivity index (χ1) is 14.4. The maximum Gasteiger partial charge on any atom is 0.336 e. The molecule has 2 aromatic carbocycles. The Morgan fingerprint density at radius 1 is 1.03 bits per heavy atom. The topological polar surface area (TPSA) is 115 Å². The number of rotatable bonds is 6. The monoisotopic (exact) mass is 460 g/mol. The van der Waals surface area contributed by atoms with E-state index in [1.165, 1.54) is 11.3 Å². The predicted octanol–water partition coefficient (Wildman–Crippen LogP) is 3.93. The lowest BCUT2D eigenvalue weighted by molar-refractivity contribution is -0.113. The summed E-state index contributed by atoms with van der Waals surface area (Å²) in [7, 11) is -4.12. The van der Waals surface area contributed by atoms with Gasteiger partial charge in [0.1, 0.15) is 5.75 Å². The Hall–Kier alpha value is -3.08. The van der Waals surface area contributed by atoms with Gasteiger partial charge in [0.05, 0.1) is 5.69 Å². The van der Waals surface area contributed by atoms with E-state index in [0.717, 1.165) is 5.56 Å². The molecule has 0 bridgehead atoms. The van der Waals surface area contributed by atoms with E-state index in [0.29, 0.717) is 21.4 Å². The van der Waals surface area contributed by atoms with Crippen molar-refractivity contribution in [3.63, 3.8) is 0 Å². The minimum Gasteiger partial charge on any atom is -0.408 e. The van der Waals surface area contributed by atoms with Crippen molar-refractivity contribution >= 4 is 43.8 Å². The highest BCUT2D eigenvalue weighted by atomic mass is 35.5. The van der Waals surface area contributed by atoms with Gasteiger partial charge in [-0.1, -0.05) is 47.0 Å². The number of halogens is 1. The summed E-state index contributed by atoms with van der Waals surface area (Å²) < 4.78 is 30.2. The predicted molar refractivity (Wildman–Crippen MR) is 113 cm³/mol. The number of sulfone groups is 1. The van der Waals surface area contributed by atoms with Crippen molar-refractivity contribution in [1.29, 1.82) is 0 Å². The number of aromatic nitrogens is 3. The number of nitrogens with one attached hydrogen (secondary N) is 1. The van der Waals surface area contributed by atoms with Crippen LogP contribution in [-0.2, 0) is 14.6 Å². The van der Waals surface area contributed by atoms with Crippen LogP contribution < -0.4 is 5.32 Å². The van der Waals surface area contributed by atoms with Crippen molar-refractivity contribution in [1.82, 2.24) is 15.2 Å². The summed E-state index contributed by atoms with van der Waals surface area (Å²) >= 11 is 7.02. The summed E-state index contributed by atoms with van der Waals surface area (Å²) in [6.07, 6.45) is 0. The molecule has 1 N–H and O–H groups in total. The minimum atomic E-state index is -4.12. The minimum absolute atomic E-state index is 0.0121. The normalized spacial score (nSPS) is 11.4. The molecule has 0 spiro atoms. The molecule has 11 heteroatoms. The maximum atomic E-state index is 12.5. The molecule has 0 atom stereocenters. The van der Waals surface area contributed by atoms with Crippen molar-refractivity contribution in [2.75, 3.05) is 11.1 Å². The lowest BCUT2D eigenvalue weighted by Crippen LogP contribution is -2.23. The molecule has 1 amide bonds. The zero-order valence-electron chi connectivity index (χ0n) is 15.1. The van der Waals surface area contributed by atoms with Crippen LogP contribution in [0.5, 0.6) is 0 Å². The number of carbonyl (C=O) groups excluding carboxylic acids is 1. The van der Waals surface area contributed by atoms with Crippen LogP contribution in [0.3, 0.4) is 0 Å². The highest BCUT2D eigenvalue weighted by molar-refractivity contribution is 7.91. The summed E-state index contributed by atoms with van der Waals surface area (Å²) in [5, 5.41) is 11.7. The number of hydrogen-bond acceptors (Lipinski definition) is 8. The zero-order chi connectivity index (χ0) is 21.1. The summed E-state index contributed by atoms with van der Waals surface area (Å²) in [5.74, 6) is -1.59. The Morgan fingerprint density at radius 2 is 1.77 bits per heavy atom. The van der Waals surface area contributed by atoms with Crippen LogP contribution in [0, 0.1) is 0 Å². The number of amides is 1. The third-order valence-electron chi connectivity index (χ3n) is 3.90. The van der Waals surface area contributed by atoms with Gasteiger partial charge in [-0.05, 0) is 24.3 Å². The Labute approximate surface area is 180 Å². The van der Waals surface area contributed by atoms with Gasteiger partial charge in [0.25, 0.3) is 0 Å². The maximum absolute atomic E-state index is 12.5. The molecule has 0 saturated carbocycles. The van der Waals surface area contributed by atoms with Gasteiger partial charge in [-0.2, -0.15) is 0 Å². The second kappa shape index (κ2) is 8.34. The van der Waals surface area contributed by atoms with Gasteiger partial charge in [-0.25, -0.2) is 13.4 Å². The Balaban J connectivity index is 1.44. The van der Waals surface area contributed by atoms with Crippen molar-refractivity contribution in [3.8, 4) is 22.7 Å². The zero-order valence-corrected chi connectivity index (χ0v) is 17.5. The first-order valence-corrected chi connectivity index (χ1v) is 11.4. The second-order valence-electron chi connectivity index (χ2n) is 6.09. The smallest absolute Gasteiger partial charge is 0.336 e. The molecule has 152 valence electrons. The fourth-order valence-corrected chi connectivity index (χ4v) is 4.28. The molecule has 0 saturated heterocycles. The first kappa shape index (κ1) is 20.2. The van der Waals surface area contributed by atoms with Crippen LogP contribution in [0.1, 0.15) is 0 Å². The number of thiazole rings is 1. The molecule has 4 aromatic rings. The molecule has 4 rings (SSSR count).